The molecule has 0 aliphatic carbocycles. The lowest BCUT2D eigenvalue weighted by Gasteiger charge is -2.11. The summed E-state index contributed by atoms with van der Waals surface area (Å²) in [6.07, 6.45) is 11.0. The summed E-state index contributed by atoms with van der Waals surface area (Å²) in [6.45, 7) is 11.1. The highest BCUT2D eigenvalue weighted by Crippen LogP contribution is 2.30. The smallest absolute Gasteiger partial charge is 0.338 e. The van der Waals surface area contributed by atoms with Crippen molar-refractivity contribution in [3.63, 3.8) is 0 Å². The normalized spacial score (nSPS) is 10.6. The van der Waals surface area contributed by atoms with Crippen LogP contribution in [0, 0.1) is 0 Å². The summed E-state index contributed by atoms with van der Waals surface area (Å²) in [5.74, 6) is -0.876. The molecule has 0 radical (unpaired) electrons. The zero-order valence-electron chi connectivity index (χ0n) is 27.2. The van der Waals surface area contributed by atoms with Gasteiger partial charge in [-0.3, -0.25) is 0 Å². The Labute approximate surface area is 273 Å². The van der Waals surface area contributed by atoms with E-state index < -0.39 is 17.9 Å². The molecule has 3 aromatic carbocycles. The van der Waals surface area contributed by atoms with E-state index in [4.69, 9.17) is 18.9 Å². The molecule has 7 heteroatoms. The molecular weight excluding hydrogens is 580 g/mol. The van der Waals surface area contributed by atoms with Crippen molar-refractivity contribution in [2.75, 3.05) is 13.2 Å². The van der Waals surface area contributed by atoms with Crippen molar-refractivity contribution in [1.29, 1.82) is 0 Å². The monoisotopic (exact) mass is 626 g/mol. The summed E-state index contributed by atoms with van der Waals surface area (Å²) in [5.41, 5.74) is 2.79. The molecule has 3 aromatic rings. The molecule has 244 valence electrons. The van der Waals surface area contributed by atoms with Gasteiger partial charge in [0, 0.05) is 22.8 Å². The highest BCUT2D eigenvalue weighted by Gasteiger charge is 2.16. The van der Waals surface area contributed by atoms with Crippen molar-refractivity contribution in [1.82, 2.24) is 0 Å². The van der Waals surface area contributed by atoms with Gasteiger partial charge in [0.15, 0.2) is 0 Å². The van der Waals surface area contributed by atoms with Crippen molar-refractivity contribution in [3.05, 3.63) is 103 Å². The van der Waals surface area contributed by atoms with Crippen LogP contribution in [0.5, 0.6) is 17.2 Å². The van der Waals surface area contributed by atoms with Crippen LogP contribution in [0.2, 0.25) is 0 Å². The quantitative estimate of drug-likeness (QED) is 0.0534. The second-order valence-corrected chi connectivity index (χ2v) is 11.4. The molecular formula is C39H46O7. The number of carbonyl (C=O) groups is 3. The first-order chi connectivity index (χ1) is 22.2. The van der Waals surface area contributed by atoms with E-state index >= 15 is 0 Å². The highest BCUT2D eigenvalue weighted by molar-refractivity contribution is 5.93. The zero-order chi connectivity index (χ0) is 33.1. The Morgan fingerprint density at radius 3 is 1.61 bits per heavy atom. The lowest BCUT2D eigenvalue weighted by molar-refractivity contribution is -0.130. The topological polar surface area (TPSA) is 88.1 Å². The maximum absolute atomic E-state index is 12.7. The Morgan fingerprint density at radius 1 is 0.587 bits per heavy atom. The van der Waals surface area contributed by atoms with Gasteiger partial charge in [0.2, 0.25) is 0 Å². The van der Waals surface area contributed by atoms with Gasteiger partial charge in [0.05, 0.1) is 18.8 Å². The number of hydrogen-bond acceptors (Lipinski definition) is 7. The maximum atomic E-state index is 12.7. The van der Waals surface area contributed by atoms with E-state index in [1.165, 1.54) is 63.3 Å². The minimum Gasteiger partial charge on any atom is -0.493 e. The van der Waals surface area contributed by atoms with E-state index in [0.29, 0.717) is 0 Å². The standard InChI is InChI=1S/C39H46O7/c1-29(2)37(40)45-33-26-32(27-34(28-33)46-38(41)30(3)4)39(42)44-25-19-12-10-8-6-5-7-9-11-18-24-43-36-23-17-16-22-35(36)31-20-14-13-15-21-31/h13-17,20-23,26-28H,1,3,5-12,18-19,24-25H2,2,4H3. The lowest BCUT2D eigenvalue weighted by atomic mass is 10.0. The molecule has 3 rings (SSSR count). The molecule has 0 aliphatic heterocycles. The van der Waals surface area contributed by atoms with Crippen molar-refractivity contribution >= 4 is 17.9 Å². The summed E-state index contributed by atoms with van der Waals surface area (Å²) in [5, 5.41) is 0. The molecule has 0 aromatic heterocycles. The van der Waals surface area contributed by atoms with Gasteiger partial charge in [-0.15, -0.1) is 0 Å². The third kappa shape index (κ3) is 12.8. The third-order valence-corrected chi connectivity index (χ3v) is 7.24. The predicted octanol–water partition coefficient (Wildman–Crippen LogP) is 9.45. The Balaban J connectivity index is 1.26. The van der Waals surface area contributed by atoms with Gasteiger partial charge in [-0.1, -0.05) is 113 Å². The van der Waals surface area contributed by atoms with Crippen molar-refractivity contribution in [2.45, 2.75) is 78.1 Å². The van der Waals surface area contributed by atoms with Gasteiger partial charge in [-0.2, -0.15) is 0 Å². The van der Waals surface area contributed by atoms with Crippen LogP contribution < -0.4 is 14.2 Å². The van der Waals surface area contributed by atoms with Crippen molar-refractivity contribution in [3.8, 4) is 28.4 Å². The van der Waals surface area contributed by atoms with E-state index in [9.17, 15) is 14.4 Å². The van der Waals surface area contributed by atoms with Gasteiger partial charge in [0.25, 0.3) is 0 Å². The van der Waals surface area contributed by atoms with Crippen LogP contribution in [-0.4, -0.2) is 31.1 Å². The van der Waals surface area contributed by atoms with Crippen LogP contribution in [0.1, 0.15) is 88.4 Å². The first-order valence-electron chi connectivity index (χ1n) is 16.1. The summed E-state index contributed by atoms with van der Waals surface area (Å²) < 4.78 is 22.0. The van der Waals surface area contributed by atoms with E-state index in [2.05, 4.69) is 31.4 Å². The molecule has 0 heterocycles. The second kappa shape index (κ2) is 19.7. The molecule has 0 saturated heterocycles. The third-order valence-electron chi connectivity index (χ3n) is 7.24. The largest absolute Gasteiger partial charge is 0.493 e. The molecule has 0 saturated carbocycles. The predicted molar refractivity (Wildman–Crippen MR) is 181 cm³/mol. The van der Waals surface area contributed by atoms with E-state index in [1.807, 2.05) is 36.4 Å². The molecule has 0 N–H and O–H groups in total. The molecule has 46 heavy (non-hydrogen) atoms. The number of para-hydroxylation sites is 1. The molecule has 7 nitrogen and oxygen atoms in total. The van der Waals surface area contributed by atoms with Gasteiger partial charge < -0.3 is 18.9 Å². The number of hydrogen-bond donors (Lipinski definition) is 0. The number of unbranched alkanes of at least 4 members (excludes halogenated alkanes) is 9. The highest BCUT2D eigenvalue weighted by atomic mass is 16.5. The van der Waals surface area contributed by atoms with Crippen LogP contribution in [0.4, 0.5) is 0 Å². The van der Waals surface area contributed by atoms with E-state index in [0.717, 1.165) is 56.4 Å². The number of esters is 3. The zero-order valence-corrected chi connectivity index (χ0v) is 27.2. The van der Waals surface area contributed by atoms with Gasteiger partial charge in [-0.05, 0) is 50.5 Å². The number of carbonyl (C=O) groups excluding carboxylic acids is 3. The minimum absolute atomic E-state index is 0.0462. The summed E-state index contributed by atoms with van der Waals surface area (Å²) in [6, 6.07) is 22.6. The van der Waals surface area contributed by atoms with Crippen LogP contribution in [-0.2, 0) is 14.3 Å². The van der Waals surface area contributed by atoms with Gasteiger partial charge >= 0.3 is 17.9 Å². The molecule has 0 bridgehead atoms. The van der Waals surface area contributed by atoms with Crippen LogP contribution in [0.3, 0.4) is 0 Å². The Morgan fingerprint density at radius 2 is 1.07 bits per heavy atom. The number of ether oxygens (including phenoxy) is 4. The minimum atomic E-state index is -0.658. The summed E-state index contributed by atoms with van der Waals surface area (Å²) in [7, 11) is 0. The Kier molecular flexibility index (Phi) is 15.3. The first kappa shape index (κ1) is 35.8. The van der Waals surface area contributed by atoms with E-state index in [-0.39, 0.29) is 34.8 Å². The molecule has 0 spiro atoms. The average Bonchev–Trinajstić information content (AvgIpc) is 3.05. The van der Waals surface area contributed by atoms with Crippen molar-refractivity contribution < 1.29 is 33.3 Å². The fourth-order valence-electron chi connectivity index (χ4n) is 4.69. The van der Waals surface area contributed by atoms with Crippen LogP contribution in [0.15, 0.2) is 97.1 Å². The molecule has 0 fully saturated rings. The maximum Gasteiger partial charge on any atom is 0.338 e. The van der Waals surface area contributed by atoms with Crippen LogP contribution >= 0.6 is 0 Å². The molecule has 0 atom stereocenters. The van der Waals surface area contributed by atoms with Gasteiger partial charge in [0.1, 0.15) is 17.2 Å². The summed E-state index contributed by atoms with van der Waals surface area (Å²) in [4.78, 5) is 36.6. The second-order valence-electron chi connectivity index (χ2n) is 11.4. The molecule has 0 amide bonds. The fraction of sp³-hybridized carbons (Fsp3) is 0.359. The Hall–Kier alpha value is -4.65. The molecule has 0 aliphatic rings. The van der Waals surface area contributed by atoms with Gasteiger partial charge in [-0.25, -0.2) is 14.4 Å². The molecule has 0 unspecified atom stereocenters. The Bertz CT molecular complexity index is 1410. The fourth-order valence-corrected chi connectivity index (χ4v) is 4.69. The first-order valence-corrected chi connectivity index (χ1v) is 16.1. The van der Waals surface area contributed by atoms with Crippen LogP contribution in [0.25, 0.3) is 11.1 Å². The average molecular weight is 627 g/mol. The lowest BCUT2D eigenvalue weighted by Crippen LogP contribution is -2.12. The number of benzene rings is 3. The number of rotatable bonds is 20. The van der Waals surface area contributed by atoms with Crippen molar-refractivity contribution in [2.24, 2.45) is 0 Å². The SMILES string of the molecule is C=C(C)C(=O)Oc1cc(OC(=O)C(=C)C)cc(C(=O)OCCCCCCCCCCCCOc2ccccc2-c2ccccc2)c1. The summed E-state index contributed by atoms with van der Waals surface area (Å²) >= 11 is 0. The van der Waals surface area contributed by atoms with E-state index in [1.54, 1.807) is 0 Å².